The van der Waals surface area contributed by atoms with Crippen LogP contribution in [0.4, 0.5) is 0 Å². The fourth-order valence-electron chi connectivity index (χ4n) is 2.15. The minimum absolute atomic E-state index is 0.0321. The third kappa shape index (κ3) is 2.74. The van der Waals surface area contributed by atoms with Crippen LogP contribution in [0.15, 0.2) is 0 Å². The molecule has 0 bridgehead atoms. The van der Waals surface area contributed by atoms with Gasteiger partial charge in [0.2, 0.25) is 11.8 Å². The number of nitrogens with zero attached hydrogens (tertiary/aromatic N) is 1. The third-order valence-corrected chi connectivity index (χ3v) is 3.54. The first-order valence-electron chi connectivity index (χ1n) is 6.22. The fraction of sp³-hybridized carbons (Fsp3) is 0.833. The van der Waals surface area contributed by atoms with Gasteiger partial charge >= 0.3 is 0 Å². The van der Waals surface area contributed by atoms with Gasteiger partial charge in [0, 0.05) is 20.0 Å². The molecule has 0 aromatic carbocycles. The number of likely N-dealkylation sites (N-methyl/N-ethyl adjacent to an activating group) is 1. The molecule has 90 valence electrons. The molecule has 1 unspecified atom stereocenters. The Kier molecular flexibility index (Phi) is 3.46. The van der Waals surface area contributed by atoms with Crippen LogP contribution in [-0.4, -0.2) is 36.3 Å². The van der Waals surface area contributed by atoms with E-state index in [0.717, 1.165) is 25.8 Å². The van der Waals surface area contributed by atoms with Crippen molar-refractivity contribution >= 4 is 11.8 Å². The number of rotatable bonds is 3. The summed E-state index contributed by atoms with van der Waals surface area (Å²) in [6.45, 7) is 0.789. The molecule has 4 nitrogen and oxygen atoms in total. The molecule has 1 saturated heterocycles. The summed E-state index contributed by atoms with van der Waals surface area (Å²) >= 11 is 0. The van der Waals surface area contributed by atoms with E-state index in [9.17, 15) is 9.59 Å². The first-order valence-corrected chi connectivity index (χ1v) is 6.22. The molecule has 1 N–H and O–H groups in total. The summed E-state index contributed by atoms with van der Waals surface area (Å²) in [5.41, 5.74) is 0. The smallest absolute Gasteiger partial charge is 0.242 e. The number of amides is 2. The minimum atomic E-state index is -0.242. The van der Waals surface area contributed by atoms with Gasteiger partial charge in [0.25, 0.3) is 0 Å². The molecule has 1 heterocycles. The number of carbonyl (C=O) groups excluding carboxylic acids is 2. The molecule has 2 aliphatic rings. The van der Waals surface area contributed by atoms with Crippen molar-refractivity contribution in [3.05, 3.63) is 0 Å². The molecule has 2 amide bonds. The van der Waals surface area contributed by atoms with Crippen LogP contribution >= 0.6 is 0 Å². The molecule has 0 aromatic rings. The van der Waals surface area contributed by atoms with E-state index >= 15 is 0 Å². The maximum absolute atomic E-state index is 11.9. The molecule has 16 heavy (non-hydrogen) atoms. The standard InChI is InChI=1S/C12H20N2O2/c1-14-10(4-2-3-5-11(14)15)12(16)13-8-9-6-7-9/h9-10H,2-8H2,1H3,(H,13,16). The van der Waals surface area contributed by atoms with Crippen LogP contribution in [0.2, 0.25) is 0 Å². The minimum Gasteiger partial charge on any atom is -0.354 e. The number of hydrogen-bond acceptors (Lipinski definition) is 2. The van der Waals surface area contributed by atoms with Crippen LogP contribution in [0, 0.1) is 5.92 Å². The van der Waals surface area contributed by atoms with Gasteiger partial charge in [-0.3, -0.25) is 9.59 Å². The maximum atomic E-state index is 11.9. The summed E-state index contributed by atoms with van der Waals surface area (Å²) in [4.78, 5) is 25.2. The molecule has 1 aliphatic heterocycles. The maximum Gasteiger partial charge on any atom is 0.242 e. The zero-order valence-electron chi connectivity index (χ0n) is 9.87. The lowest BCUT2D eigenvalue weighted by molar-refractivity contribution is -0.138. The first-order chi connectivity index (χ1) is 7.68. The highest BCUT2D eigenvalue weighted by atomic mass is 16.2. The molecular weight excluding hydrogens is 204 g/mol. The Labute approximate surface area is 96.4 Å². The lowest BCUT2D eigenvalue weighted by Gasteiger charge is -2.25. The Morgan fingerprint density at radius 3 is 2.81 bits per heavy atom. The molecule has 4 heteroatoms. The summed E-state index contributed by atoms with van der Waals surface area (Å²) < 4.78 is 0. The van der Waals surface area contributed by atoms with Crippen molar-refractivity contribution in [2.24, 2.45) is 5.92 Å². The zero-order valence-corrected chi connectivity index (χ0v) is 9.87. The van der Waals surface area contributed by atoms with Gasteiger partial charge in [-0.1, -0.05) is 6.42 Å². The highest BCUT2D eigenvalue weighted by Crippen LogP contribution is 2.27. The van der Waals surface area contributed by atoms with Gasteiger partial charge in [-0.15, -0.1) is 0 Å². The second-order valence-corrected chi connectivity index (χ2v) is 4.95. The second-order valence-electron chi connectivity index (χ2n) is 4.95. The van der Waals surface area contributed by atoms with E-state index in [4.69, 9.17) is 0 Å². The van der Waals surface area contributed by atoms with E-state index in [-0.39, 0.29) is 17.9 Å². The molecular formula is C12H20N2O2. The Hall–Kier alpha value is -1.06. The zero-order chi connectivity index (χ0) is 11.5. The average Bonchev–Trinajstić information content (AvgIpc) is 3.08. The van der Waals surface area contributed by atoms with Gasteiger partial charge < -0.3 is 10.2 Å². The van der Waals surface area contributed by atoms with Crippen LogP contribution in [0.5, 0.6) is 0 Å². The molecule has 1 saturated carbocycles. The van der Waals surface area contributed by atoms with E-state index in [0.29, 0.717) is 12.3 Å². The second kappa shape index (κ2) is 4.85. The molecule has 0 radical (unpaired) electrons. The SMILES string of the molecule is CN1C(=O)CCCCC1C(=O)NCC1CC1. The van der Waals surface area contributed by atoms with Crippen molar-refractivity contribution in [2.75, 3.05) is 13.6 Å². The van der Waals surface area contributed by atoms with Gasteiger partial charge in [0.15, 0.2) is 0 Å². The van der Waals surface area contributed by atoms with Crippen molar-refractivity contribution < 1.29 is 9.59 Å². The van der Waals surface area contributed by atoms with Gasteiger partial charge in [-0.05, 0) is 31.6 Å². The molecule has 1 aliphatic carbocycles. The average molecular weight is 224 g/mol. The van der Waals surface area contributed by atoms with Crippen LogP contribution in [0.1, 0.15) is 38.5 Å². The largest absolute Gasteiger partial charge is 0.354 e. The fourth-order valence-corrected chi connectivity index (χ4v) is 2.15. The van der Waals surface area contributed by atoms with Crippen molar-refractivity contribution in [3.63, 3.8) is 0 Å². The molecule has 2 rings (SSSR count). The molecule has 1 atom stereocenters. The quantitative estimate of drug-likeness (QED) is 0.774. The van der Waals surface area contributed by atoms with Crippen LogP contribution < -0.4 is 5.32 Å². The van der Waals surface area contributed by atoms with Gasteiger partial charge in [-0.2, -0.15) is 0 Å². The number of hydrogen-bond donors (Lipinski definition) is 1. The molecule has 2 fully saturated rings. The third-order valence-electron chi connectivity index (χ3n) is 3.54. The summed E-state index contributed by atoms with van der Waals surface area (Å²) in [5, 5.41) is 2.96. The Balaban J connectivity index is 1.88. The van der Waals surface area contributed by atoms with Crippen molar-refractivity contribution in [2.45, 2.75) is 44.6 Å². The monoisotopic (exact) mass is 224 g/mol. The van der Waals surface area contributed by atoms with E-state index < -0.39 is 0 Å². The topological polar surface area (TPSA) is 49.4 Å². The van der Waals surface area contributed by atoms with E-state index in [1.807, 2.05) is 0 Å². The predicted molar refractivity (Wildman–Crippen MR) is 60.8 cm³/mol. The van der Waals surface area contributed by atoms with E-state index in [1.165, 1.54) is 12.8 Å². The van der Waals surface area contributed by atoms with Crippen LogP contribution in [0.25, 0.3) is 0 Å². The number of nitrogens with one attached hydrogen (secondary N) is 1. The first kappa shape index (κ1) is 11.4. The summed E-state index contributed by atoms with van der Waals surface area (Å²) in [6, 6.07) is -0.242. The lowest BCUT2D eigenvalue weighted by Crippen LogP contribution is -2.47. The highest BCUT2D eigenvalue weighted by Gasteiger charge is 2.30. The van der Waals surface area contributed by atoms with Crippen LogP contribution in [0.3, 0.4) is 0 Å². The van der Waals surface area contributed by atoms with Crippen LogP contribution in [-0.2, 0) is 9.59 Å². The number of carbonyl (C=O) groups is 2. The Morgan fingerprint density at radius 1 is 1.38 bits per heavy atom. The van der Waals surface area contributed by atoms with Gasteiger partial charge in [0.05, 0.1) is 0 Å². The summed E-state index contributed by atoms with van der Waals surface area (Å²) in [5.74, 6) is 0.824. The van der Waals surface area contributed by atoms with Crippen molar-refractivity contribution in [1.82, 2.24) is 10.2 Å². The molecule has 0 spiro atoms. The van der Waals surface area contributed by atoms with E-state index in [2.05, 4.69) is 5.32 Å². The predicted octanol–water partition coefficient (Wildman–Crippen LogP) is 0.914. The Morgan fingerprint density at radius 2 is 2.12 bits per heavy atom. The van der Waals surface area contributed by atoms with E-state index in [1.54, 1.807) is 11.9 Å². The number of likely N-dealkylation sites (tertiary alicyclic amines) is 1. The van der Waals surface area contributed by atoms with Gasteiger partial charge in [-0.25, -0.2) is 0 Å². The lowest BCUT2D eigenvalue weighted by atomic mass is 10.1. The van der Waals surface area contributed by atoms with Crippen molar-refractivity contribution in [1.29, 1.82) is 0 Å². The van der Waals surface area contributed by atoms with Crippen molar-refractivity contribution in [3.8, 4) is 0 Å². The normalized spacial score (nSPS) is 26.4. The molecule has 0 aromatic heterocycles. The highest BCUT2D eigenvalue weighted by molar-refractivity contribution is 5.87. The summed E-state index contributed by atoms with van der Waals surface area (Å²) in [7, 11) is 1.75. The Bertz CT molecular complexity index is 287. The van der Waals surface area contributed by atoms with Gasteiger partial charge in [0.1, 0.15) is 6.04 Å². The summed E-state index contributed by atoms with van der Waals surface area (Å²) in [6.07, 6.45) is 5.74.